The minimum atomic E-state index is -0.443. The fourth-order valence-electron chi connectivity index (χ4n) is 5.07. The first-order valence-electron chi connectivity index (χ1n) is 12.6. The van der Waals surface area contributed by atoms with Gasteiger partial charge in [0.1, 0.15) is 10.7 Å². The monoisotopic (exact) mass is 505 g/mol. The maximum Gasteiger partial charge on any atom is 0.226 e. The lowest BCUT2D eigenvalue weighted by molar-refractivity contribution is -0.137. The Hall–Kier alpha value is -2.53. The lowest BCUT2D eigenvalue weighted by Crippen LogP contribution is -2.38. The van der Waals surface area contributed by atoms with Crippen LogP contribution in [0, 0.1) is 11.8 Å². The van der Waals surface area contributed by atoms with E-state index in [-0.39, 0.29) is 48.0 Å². The van der Waals surface area contributed by atoms with Gasteiger partial charge in [-0.15, -0.1) is 11.3 Å². The lowest BCUT2D eigenvalue weighted by Gasteiger charge is -2.29. The molecule has 1 aromatic heterocycles. The highest BCUT2D eigenvalue weighted by molar-refractivity contribution is 7.09. The van der Waals surface area contributed by atoms with E-state index in [9.17, 15) is 14.4 Å². The largest absolute Gasteiger partial charge is 0.370 e. The average molecular weight is 506 g/mol. The van der Waals surface area contributed by atoms with E-state index in [1.54, 1.807) is 12.4 Å². The lowest BCUT2D eigenvalue weighted by atomic mass is 9.88. The summed E-state index contributed by atoms with van der Waals surface area (Å²) in [5.74, 6) is -0.491. The number of hydrogen-bond donors (Lipinski definition) is 4. The summed E-state index contributed by atoms with van der Waals surface area (Å²) in [6, 6.07) is -0.275. The van der Waals surface area contributed by atoms with Crippen molar-refractivity contribution in [2.75, 3.05) is 20.1 Å². The predicted molar refractivity (Wildman–Crippen MR) is 137 cm³/mol. The molecule has 3 atom stereocenters. The third-order valence-corrected chi connectivity index (χ3v) is 7.91. The van der Waals surface area contributed by atoms with Crippen molar-refractivity contribution >= 4 is 34.9 Å². The Labute approximate surface area is 211 Å². The third-order valence-electron chi connectivity index (χ3n) is 6.97. The van der Waals surface area contributed by atoms with Crippen molar-refractivity contribution in [2.45, 2.75) is 76.3 Å². The van der Waals surface area contributed by atoms with E-state index < -0.39 is 5.92 Å². The molecule has 0 spiro atoms. The minimum Gasteiger partial charge on any atom is -0.370 e. The number of carbonyl (C=O) groups is 3. The summed E-state index contributed by atoms with van der Waals surface area (Å²) in [6.07, 6.45) is 8.00. The topological polar surface area (TPSA) is 170 Å². The van der Waals surface area contributed by atoms with E-state index in [1.165, 1.54) is 17.8 Å². The quantitative estimate of drug-likeness (QED) is 0.153. The number of Topliss-reactive ketones (excluding diaryl/α,β-unsaturated/α-hetero) is 1. The van der Waals surface area contributed by atoms with Gasteiger partial charge in [-0.1, -0.05) is 25.7 Å². The summed E-state index contributed by atoms with van der Waals surface area (Å²) >= 11 is 1.39. The summed E-state index contributed by atoms with van der Waals surface area (Å²) in [4.78, 5) is 49.0. The number of nitrogens with zero attached hydrogens (tertiary/aromatic N) is 3. The molecule has 2 heterocycles. The molecule has 0 radical (unpaired) electrons. The number of nitrogens with two attached hydrogens (primary N) is 3. The van der Waals surface area contributed by atoms with Crippen LogP contribution in [-0.2, 0) is 9.59 Å². The van der Waals surface area contributed by atoms with E-state index >= 15 is 0 Å². The van der Waals surface area contributed by atoms with Gasteiger partial charge < -0.3 is 27.4 Å². The molecule has 2 amide bonds. The zero-order chi connectivity index (χ0) is 25.4. The van der Waals surface area contributed by atoms with Gasteiger partial charge in [-0.3, -0.25) is 19.4 Å². The van der Waals surface area contributed by atoms with Crippen molar-refractivity contribution < 1.29 is 14.4 Å². The van der Waals surface area contributed by atoms with Crippen LogP contribution >= 0.6 is 11.3 Å². The Morgan fingerprint density at radius 1 is 1.23 bits per heavy atom. The molecule has 1 aliphatic heterocycles. The van der Waals surface area contributed by atoms with Gasteiger partial charge >= 0.3 is 0 Å². The van der Waals surface area contributed by atoms with E-state index in [0.717, 1.165) is 43.5 Å². The number of guanidine groups is 1. The van der Waals surface area contributed by atoms with Gasteiger partial charge in [0.05, 0.1) is 6.04 Å². The molecule has 0 aromatic carbocycles. The van der Waals surface area contributed by atoms with Gasteiger partial charge in [0, 0.05) is 49.8 Å². The number of ketones is 1. The number of amides is 2. The number of nitrogens with one attached hydrogen (secondary N) is 1. The molecule has 0 unspecified atom stereocenters. The highest BCUT2D eigenvalue weighted by Gasteiger charge is 2.39. The van der Waals surface area contributed by atoms with Crippen LogP contribution in [-0.4, -0.2) is 59.6 Å². The summed E-state index contributed by atoms with van der Waals surface area (Å²) < 4.78 is 0. The van der Waals surface area contributed by atoms with Gasteiger partial charge in [-0.25, -0.2) is 4.98 Å². The minimum absolute atomic E-state index is 0.0459. The fourth-order valence-corrected chi connectivity index (χ4v) is 6.02. The van der Waals surface area contributed by atoms with Crippen molar-refractivity contribution in [3.63, 3.8) is 0 Å². The van der Waals surface area contributed by atoms with Crippen LogP contribution in [0.25, 0.3) is 0 Å². The van der Waals surface area contributed by atoms with Gasteiger partial charge in [0.2, 0.25) is 11.8 Å². The zero-order valence-electron chi connectivity index (χ0n) is 20.6. The van der Waals surface area contributed by atoms with E-state index in [2.05, 4.69) is 15.3 Å². The predicted octanol–water partition coefficient (Wildman–Crippen LogP) is 1.70. The summed E-state index contributed by atoms with van der Waals surface area (Å²) in [5, 5.41) is 5.14. The smallest absolute Gasteiger partial charge is 0.226 e. The molecule has 2 aliphatic rings. The average Bonchev–Trinajstić information content (AvgIpc) is 3.49. The second kappa shape index (κ2) is 13.0. The highest BCUT2D eigenvalue weighted by atomic mass is 32.1. The Morgan fingerprint density at radius 3 is 2.66 bits per heavy atom. The zero-order valence-corrected chi connectivity index (χ0v) is 21.4. The van der Waals surface area contributed by atoms with E-state index in [4.69, 9.17) is 17.2 Å². The van der Waals surface area contributed by atoms with Gasteiger partial charge in [0.15, 0.2) is 11.7 Å². The first kappa shape index (κ1) is 27.1. The van der Waals surface area contributed by atoms with Crippen LogP contribution in [0.2, 0.25) is 0 Å². The van der Waals surface area contributed by atoms with Gasteiger partial charge in [-0.2, -0.15) is 0 Å². The second-order valence-electron chi connectivity index (χ2n) is 9.65. The highest BCUT2D eigenvalue weighted by Crippen LogP contribution is 2.37. The molecule has 10 nitrogen and oxygen atoms in total. The molecule has 11 heteroatoms. The van der Waals surface area contributed by atoms with Gasteiger partial charge in [-0.05, 0) is 32.1 Å². The molecule has 7 N–H and O–H groups in total. The molecular formula is C24H39N7O3S. The van der Waals surface area contributed by atoms with Crippen LogP contribution < -0.4 is 22.5 Å². The summed E-state index contributed by atoms with van der Waals surface area (Å²) in [5.41, 5.74) is 17.3. The van der Waals surface area contributed by atoms with Crippen molar-refractivity contribution in [3.05, 3.63) is 16.1 Å². The molecule has 1 saturated carbocycles. The number of likely N-dealkylation sites (tertiary alicyclic amines) is 1. The summed E-state index contributed by atoms with van der Waals surface area (Å²) in [7, 11) is 1.57. The molecule has 2 fully saturated rings. The van der Waals surface area contributed by atoms with Crippen LogP contribution in [0.1, 0.15) is 85.7 Å². The molecule has 1 aromatic rings. The number of unbranched alkanes of at least 4 members (excludes halogenated alkanes) is 1. The van der Waals surface area contributed by atoms with Gasteiger partial charge in [0.25, 0.3) is 0 Å². The second-order valence-corrected chi connectivity index (χ2v) is 10.5. The number of thiazole rings is 1. The van der Waals surface area contributed by atoms with E-state index in [1.807, 2.05) is 4.90 Å². The standard InChI is InChI=1S/C24H39N7O3S/c1-28-21(33)16(9-5-6-10-29-24(26)27)11-20(32)18-14-35-22(30-18)19-12-17(25)13-31(19)23(34)15-7-3-2-4-8-15/h14-17,19H,2-13,25H2,1H3,(H,28,33)(H4,26,27,29)/t16-,17-,19+/m1/s1. The maximum atomic E-state index is 13.2. The van der Waals surface area contributed by atoms with Crippen LogP contribution in [0.5, 0.6) is 0 Å². The van der Waals surface area contributed by atoms with Crippen LogP contribution in [0.4, 0.5) is 0 Å². The molecule has 194 valence electrons. The van der Waals surface area contributed by atoms with Crippen molar-refractivity contribution in [1.82, 2.24) is 15.2 Å². The molecule has 3 rings (SSSR count). The van der Waals surface area contributed by atoms with Crippen molar-refractivity contribution in [1.29, 1.82) is 0 Å². The Kier molecular flexibility index (Phi) is 10.0. The molecule has 35 heavy (non-hydrogen) atoms. The number of carbonyl (C=O) groups excluding carboxylic acids is 3. The fraction of sp³-hybridized carbons (Fsp3) is 0.708. The normalized spacial score (nSPS) is 21.5. The van der Waals surface area contributed by atoms with Crippen molar-refractivity contribution in [2.24, 2.45) is 34.0 Å². The number of hydrogen-bond acceptors (Lipinski definition) is 7. The Morgan fingerprint density at radius 2 is 1.97 bits per heavy atom. The first-order chi connectivity index (χ1) is 16.8. The maximum absolute atomic E-state index is 13.2. The molecule has 1 aliphatic carbocycles. The Bertz CT molecular complexity index is 909. The molecular weight excluding hydrogens is 466 g/mol. The number of aliphatic imine (C=N–C) groups is 1. The third kappa shape index (κ3) is 7.47. The summed E-state index contributed by atoms with van der Waals surface area (Å²) in [6.45, 7) is 1.02. The number of aromatic nitrogens is 1. The van der Waals surface area contributed by atoms with Crippen molar-refractivity contribution in [3.8, 4) is 0 Å². The van der Waals surface area contributed by atoms with Crippen LogP contribution in [0.3, 0.4) is 0 Å². The Balaban J connectivity index is 1.62. The van der Waals surface area contributed by atoms with Crippen LogP contribution in [0.15, 0.2) is 10.4 Å². The van der Waals surface area contributed by atoms with E-state index in [0.29, 0.717) is 31.6 Å². The number of rotatable bonds is 11. The molecule has 1 saturated heterocycles. The SMILES string of the molecule is CNC(=O)[C@H](CCCCN=C(N)N)CC(=O)c1csc([C@@H]2C[C@@H](N)CN2C(=O)C2CCCCC2)n1. The molecule has 0 bridgehead atoms. The first-order valence-corrected chi connectivity index (χ1v) is 13.5.